The normalized spacial score (nSPS) is 33.9. The van der Waals surface area contributed by atoms with E-state index < -0.39 is 0 Å². The predicted octanol–water partition coefficient (Wildman–Crippen LogP) is 5.73. The molecule has 0 unspecified atom stereocenters. The Kier molecular flexibility index (Phi) is 4.84. The summed E-state index contributed by atoms with van der Waals surface area (Å²) in [5.41, 5.74) is 2.06. The number of nitrogens with zero attached hydrogens (tertiary/aromatic N) is 1. The van der Waals surface area contributed by atoms with Gasteiger partial charge in [-0.25, -0.2) is 4.39 Å². The van der Waals surface area contributed by atoms with E-state index in [9.17, 15) is 9.18 Å². The minimum Gasteiger partial charge on any atom is -0.350 e. The average Bonchev–Trinajstić information content (AvgIpc) is 3.38. The van der Waals surface area contributed by atoms with Gasteiger partial charge in [-0.15, -0.1) is 0 Å². The molecule has 154 valence electrons. The van der Waals surface area contributed by atoms with E-state index in [4.69, 9.17) is 0 Å². The van der Waals surface area contributed by atoms with Crippen molar-refractivity contribution < 1.29 is 9.18 Å². The predicted molar refractivity (Wildman–Crippen MR) is 113 cm³/mol. The summed E-state index contributed by atoms with van der Waals surface area (Å²) in [6, 6.07) is 6.97. The van der Waals surface area contributed by atoms with Crippen LogP contribution in [-0.2, 0) is 4.79 Å². The average molecular weight is 395 g/mol. The van der Waals surface area contributed by atoms with E-state index in [1.807, 2.05) is 13.1 Å². The summed E-state index contributed by atoms with van der Waals surface area (Å²) in [7, 11) is 0. The van der Waals surface area contributed by atoms with E-state index in [2.05, 4.69) is 16.4 Å². The molecule has 3 fully saturated rings. The molecule has 1 heterocycles. The fourth-order valence-electron chi connectivity index (χ4n) is 6.82. The maximum absolute atomic E-state index is 13.9. The number of carbonyl (C=O) groups is 1. The molecule has 4 heteroatoms. The second kappa shape index (κ2) is 7.37. The molecule has 1 N–H and O–H groups in total. The van der Waals surface area contributed by atoms with Crippen LogP contribution in [0.5, 0.6) is 0 Å². The molecule has 2 bridgehead atoms. The van der Waals surface area contributed by atoms with Crippen LogP contribution in [-0.4, -0.2) is 16.4 Å². The lowest BCUT2D eigenvalue weighted by atomic mass is 9.64. The number of halogens is 1. The molecule has 0 spiro atoms. The number of fused-ring (bicyclic) bond motifs is 3. The second-order valence-electron chi connectivity index (χ2n) is 9.68. The van der Waals surface area contributed by atoms with Crippen molar-refractivity contribution in [2.24, 2.45) is 17.8 Å². The molecule has 3 saturated carbocycles. The Morgan fingerprint density at radius 2 is 2.00 bits per heavy atom. The minimum absolute atomic E-state index is 0.0302. The Hall–Kier alpha value is -1.97. The van der Waals surface area contributed by atoms with Gasteiger partial charge in [0.2, 0.25) is 5.91 Å². The summed E-state index contributed by atoms with van der Waals surface area (Å²) in [5.74, 6) is 2.73. The Morgan fingerprint density at radius 3 is 2.69 bits per heavy atom. The molecule has 0 saturated heterocycles. The standard InChI is InChI=1S/C25H31FN2O/c1-2-24(29)28-25(22-14-16-3-4-18(22)13-16)10-7-17(8-11-25)20-9-12-27-23-6-5-19(26)15-21(20)23/h5-6,9,12,15-18,22H,2-4,7-8,10-11,13-14H2,1H3,(H,28,29)/t16-,17?,18-,22-,25?/m0/s1. The van der Waals surface area contributed by atoms with Gasteiger partial charge in [-0.3, -0.25) is 9.78 Å². The number of pyridine rings is 1. The van der Waals surface area contributed by atoms with Crippen molar-refractivity contribution in [1.82, 2.24) is 10.3 Å². The lowest BCUT2D eigenvalue weighted by Gasteiger charge is -2.48. The molecule has 3 nitrogen and oxygen atoms in total. The maximum Gasteiger partial charge on any atom is 0.220 e. The van der Waals surface area contributed by atoms with Crippen LogP contribution in [0.4, 0.5) is 4.39 Å². The fourth-order valence-corrected chi connectivity index (χ4v) is 6.82. The van der Waals surface area contributed by atoms with Crippen molar-refractivity contribution in [3.05, 3.63) is 41.8 Å². The topological polar surface area (TPSA) is 42.0 Å². The van der Waals surface area contributed by atoms with E-state index in [1.54, 1.807) is 12.1 Å². The molecule has 3 aliphatic rings. The Balaban J connectivity index is 1.41. The molecule has 3 atom stereocenters. The molecule has 3 aliphatic carbocycles. The van der Waals surface area contributed by atoms with Crippen molar-refractivity contribution in [2.75, 3.05) is 0 Å². The minimum atomic E-state index is -0.200. The van der Waals surface area contributed by atoms with Crippen molar-refractivity contribution in [3.8, 4) is 0 Å². The molecule has 29 heavy (non-hydrogen) atoms. The smallest absolute Gasteiger partial charge is 0.220 e. The van der Waals surface area contributed by atoms with E-state index in [-0.39, 0.29) is 17.3 Å². The van der Waals surface area contributed by atoms with Gasteiger partial charge in [0.15, 0.2) is 0 Å². The summed E-state index contributed by atoms with van der Waals surface area (Å²) in [6.07, 6.45) is 12.0. The highest BCUT2D eigenvalue weighted by Gasteiger charge is 2.52. The van der Waals surface area contributed by atoms with Crippen molar-refractivity contribution in [2.45, 2.75) is 76.2 Å². The van der Waals surface area contributed by atoms with E-state index in [1.165, 1.54) is 37.3 Å². The third-order valence-corrected chi connectivity index (χ3v) is 8.21. The number of benzene rings is 1. The van der Waals surface area contributed by atoms with Crippen LogP contribution in [0.1, 0.15) is 76.2 Å². The van der Waals surface area contributed by atoms with Crippen molar-refractivity contribution >= 4 is 16.8 Å². The highest BCUT2D eigenvalue weighted by molar-refractivity contribution is 5.82. The highest BCUT2D eigenvalue weighted by Crippen LogP contribution is 2.56. The zero-order valence-electron chi connectivity index (χ0n) is 17.3. The number of aromatic nitrogens is 1. The van der Waals surface area contributed by atoms with Crippen molar-refractivity contribution in [3.63, 3.8) is 0 Å². The van der Waals surface area contributed by atoms with Gasteiger partial charge in [-0.05, 0) is 98.4 Å². The third-order valence-electron chi connectivity index (χ3n) is 8.21. The van der Waals surface area contributed by atoms with Crippen LogP contribution in [0.25, 0.3) is 10.9 Å². The first-order chi connectivity index (χ1) is 14.1. The van der Waals surface area contributed by atoms with Crippen LogP contribution in [0, 0.1) is 23.6 Å². The first kappa shape index (κ1) is 19.0. The Bertz CT molecular complexity index is 918. The Morgan fingerprint density at radius 1 is 1.17 bits per heavy atom. The molecular weight excluding hydrogens is 363 g/mol. The number of nitrogens with one attached hydrogen (secondary N) is 1. The molecule has 0 radical (unpaired) electrons. The van der Waals surface area contributed by atoms with E-state index in [0.717, 1.165) is 48.4 Å². The van der Waals surface area contributed by atoms with Crippen molar-refractivity contribution in [1.29, 1.82) is 0 Å². The van der Waals surface area contributed by atoms with Gasteiger partial charge in [0.1, 0.15) is 5.82 Å². The molecular formula is C25H31FN2O. The number of amides is 1. The molecule has 1 aromatic heterocycles. The number of rotatable bonds is 4. The molecule has 2 aromatic rings. The van der Waals surface area contributed by atoms with Gasteiger partial charge in [0.05, 0.1) is 5.52 Å². The summed E-state index contributed by atoms with van der Waals surface area (Å²) in [5, 5.41) is 4.46. The number of hydrogen-bond acceptors (Lipinski definition) is 2. The van der Waals surface area contributed by atoms with Crippen LogP contribution in [0.2, 0.25) is 0 Å². The summed E-state index contributed by atoms with van der Waals surface area (Å²) in [4.78, 5) is 16.9. The summed E-state index contributed by atoms with van der Waals surface area (Å²) in [6.45, 7) is 1.95. The van der Waals surface area contributed by atoms with Gasteiger partial charge in [-0.1, -0.05) is 13.3 Å². The summed E-state index contributed by atoms with van der Waals surface area (Å²) < 4.78 is 13.9. The second-order valence-corrected chi connectivity index (χ2v) is 9.68. The largest absolute Gasteiger partial charge is 0.350 e. The first-order valence-corrected chi connectivity index (χ1v) is 11.4. The van der Waals surface area contributed by atoms with Gasteiger partial charge < -0.3 is 5.32 Å². The summed E-state index contributed by atoms with van der Waals surface area (Å²) >= 11 is 0. The van der Waals surface area contributed by atoms with E-state index in [0.29, 0.717) is 18.3 Å². The first-order valence-electron chi connectivity index (χ1n) is 11.4. The van der Waals surface area contributed by atoms with Crippen LogP contribution in [0.3, 0.4) is 0 Å². The molecule has 5 rings (SSSR count). The van der Waals surface area contributed by atoms with Gasteiger partial charge in [0.25, 0.3) is 0 Å². The van der Waals surface area contributed by atoms with Gasteiger partial charge in [0, 0.05) is 23.5 Å². The SMILES string of the molecule is CCC(=O)NC1([C@H]2C[C@H]3CC[C@H]2C3)CCC(c2ccnc3ccc(F)cc23)CC1. The fraction of sp³-hybridized carbons (Fsp3) is 0.600. The monoisotopic (exact) mass is 394 g/mol. The van der Waals surface area contributed by atoms with Gasteiger partial charge in [-0.2, -0.15) is 0 Å². The molecule has 1 aromatic carbocycles. The molecule has 1 amide bonds. The number of hydrogen-bond donors (Lipinski definition) is 1. The molecule has 0 aliphatic heterocycles. The van der Waals surface area contributed by atoms with Crippen LogP contribution >= 0.6 is 0 Å². The Labute approximate surface area is 172 Å². The quantitative estimate of drug-likeness (QED) is 0.719. The van der Waals surface area contributed by atoms with Crippen LogP contribution in [0.15, 0.2) is 30.5 Å². The maximum atomic E-state index is 13.9. The zero-order valence-corrected chi connectivity index (χ0v) is 17.3. The highest BCUT2D eigenvalue weighted by atomic mass is 19.1. The zero-order chi connectivity index (χ0) is 20.0. The van der Waals surface area contributed by atoms with Crippen LogP contribution < -0.4 is 5.32 Å². The lowest BCUT2D eigenvalue weighted by Crippen LogP contribution is -2.56. The lowest BCUT2D eigenvalue weighted by molar-refractivity contribution is -0.124. The number of carbonyl (C=O) groups excluding carboxylic acids is 1. The third kappa shape index (κ3) is 3.35. The van der Waals surface area contributed by atoms with Gasteiger partial charge >= 0.3 is 0 Å². The van der Waals surface area contributed by atoms with E-state index >= 15 is 0 Å².